The number of ether oxygens (including phenoxy) is 1. The molecule has 3 N–H and O–H groups in total. The summed E-state index contributed by atoms with van der Waals surface area (Å²) in [5.41, 5.74) is 1.60. The largest absolute Gasteiger partial charge is 0.496 e. The van der Waals surface area contributed by atoms with E-state index < -0.39 is 5.97 Å². The number of amides is 1. The summed E-state index contributed by atoms with van der Waals surface area (Å²) in [6, 6.07) is 16.7. The highest BCUT2D eigenvalue weighted by Gasteiger charge is 2.15. The van der Waals surface area contributed by atoms with Gasteiger partial charge in [-0.2, -0.15) is 0 Å². The number of rotatable bonds is 5. The van der Waals surface area contributed by atoms with Gasteiger partial charge in [0.25, 0.3) is 5.91 Å². The summed E-state index contributed by atoms with van der Waals surface area (Å²) in [7, 11) is 1.50. The van der Waals surface area contributed by atoms with Crippen LogP contribution in [0.5, 0.6) is 5.75 Å². The summed E-state index contributed by atoms with van der Waals surface area (Å²) in [5, 5.41) is 14.7. The first-order valence-electron chi connectivity index (χ1n) is 8.17. The van der Waals surface area contributed by atoms with E-state index in [9.17, 15) is 9.59 Å². The molecule has 1 heterocycles. The van der Waals surface area contributed by atoms with Crippen molar-refractivity contribution in [3.63, 3.8) is 0 Å². The van der Waals surface area contributed by atoms with Gasteiger partial charge in [0.1, 0.15) is 11.5 Å². The molecule has 3 aromatic rings. The first-order chi connectivity index (χ1) is 13.5. The van der Waals surface area contributed by atoms with Crippen LogP contribution in [-0.2, 0) is 0 Å². The summed E-state index contributed by atoms with van der Waals surface area (Å²) < 4.78 is 10.7. The van der Waals surface area contributed by atoms with Crippen LogP contribution in [0.25, 0.3) is 11.3 Å². The fourth-order valence-corrected chi connectivity index (χ4v) is 2.71. The lowest BCUT2D eigenvalue weighted by Gasteiger charge is -2.12. The minimum atomic E-state index is -1.16. The molecule has 0 radical (unpaired) electrons. The first kappa shape index (κ1) is 19.1. The Bertz CT molecular complexity index is 1030. The Morgan fingerprint density at radius 3 is 2.46 bits per heavy atom. The number of anilines is 1. The third kappa shape index (κ3) is 4.36. The van der Waals surface area contributed by atoms with Gasteiger partial charge in [-0.25, -0.2) is 4.79 Å². The molecule has 1 amide bonds. The molecule has 0 aliphatic heterocycles. The van der Waals surface area contributed by atoms with E-state index in [0.29, 0.717) is 28.3 Å². The van der Waals surface area contributed by atoms with Crippen molar-refractivity contribution < 1.29 is 23.8 Å². The number of carbonyl (C=O) groups excluding carboxylic acids is 1. The number of nitrogens with one attached hydrogen (secondary N) is 2. The highest BCUT2D eigenvalue weighted by Crippen LogP contribution is 2.33. The summed E-state index contributed by atoms with van der Waals surface area (Å²) in [5.74, 6) is -0.845. The fraction of sp³-hybridized carbons (Fsp3) is 0.0500. The molecule has 0 saturated heterocycles. The minimum absolute atomic E-state index is 0.121. The summed E-state index contributed by atoms with van der Waals surface area (Å²) in [6.07, 6.45) is 0. The third-order valence-electron chi connectivity index (χ3n) is 3.80. The van der Waals surface area contributed by atoms with E-state index in [2.05, 4.69) is 10.6 Å². The zero-order valence-electron chi connectivity index (χ0n) is 14.8. The van der Waals surface area contributed by atoms with Crippen LogP contribution in [0.2, 0.25) is 0 Å². The standard InChI is InChI=1S/C20H16N2O5S/c1-26-15-8-7-13(11-14(15)16-9-10-17(27-16)19(24)25)21-20(28)22-18(23)12-5-3-2-4-6-12/h2-11H,1H3,(H,24,25)(H2,21,22,23,28). The van der Waals surface area contributed by atoms with Crippen LogP contribution in [0.4, 0.5) is 5.69 Å². The molecule has 0 bridgehead atoms. The van der Waals surface area contributed by atoms with Gasteiger partial charge in [-0.15, -0.1) is 0 Å². The normalized spacial score (nSPS) is 10.2. The van der Waals surface area contributed by atoms with Gasteiger partial charge in [0.05, 0.1) is 12.7 Å². The maximum atomic E-state index is 12.2. The van der Waals surface area contributed by atoms with Crippen molar-refractivity contribution in [3.05, 3.63) is 72.0 Å². The average molecular weight is 396 g/mol. The lowest BCUT2D eigenvalue weighted by Crippen LogP contribution is -2.34. The van der Waals surface area contributed by atoms with Crippen LogP contribution in [0.15, 0.2) is 65.1 Å². The van der Waals surface area contributed by atoms with Crippen molar-refractivity contribution in [2.75, 3.05) is 12.4 Å². The number of furan rings is 1. The van der Waals surface area contributed by atoms with Gasteiger partial charge in [0.15, 0.2) is 5.11 Å². The number of hydrogen-bond acceptors (Lipinski definition) is 5. The lowest BCUT2D eigenvalue weighted by atomic mass is 10.1. The van der Waals surface area contributed by atoms with Gasteiger partial charge in [-0.3, -0.25) is 10.1 Å². The van der Waals surface area contributed by atoms with E-state index in [1.807, 2.05) is 6.07 Å². The molecule has 1 aromatic heterocycles. The van der Waals surface area contributed by atoms with E-state index in [1.165, 1.54) is 13.2 Å². The third-order valence-corrected chi connectivity index (χ3v) is 4.01. The number of aromatic carboxylic acids is 1. The van der Waals surface area contributed by atoms with E-state index in [1.54, 1.807) is 48.5 Å². The second-order valence-corrected chi connectivity index (χ2v) is 6.07. The topological polar surface area (TPSA) is 101 Å². The molecule has 8 heteroatoms. The zero-order chi connectivity index (χ0) is 20.1. The van der Waals surface area contributed by atoms with E-state index in [-0.39, 0.29) is 16.8 Å². The molecular formula is C20H16N2O5S. The van der Waals surface area contributed by atoms with Crippen molar-refractivity contribution in [2.24, 2.45) is 0 Å². The van der Waals surface area contributed by atoms with Crippen LogP contribution < -0.4 is 15.4 Å². The average Bonchev–Trinajstić information content (AvgIpc) is 3.19. The lowest BCUT2D eigenvalue weighted by molar-refractivity contribution is 0.0663. The fourth-order valence-electron chi connectivity index (χ4n) is 2.50. The molecule has 28 heavy (non-hydrogen) atoms. The maximum absolute atomic E-state index is 12.2. The van der Waals surface area contributed by atoms with Gasteiger partial charge in [0.2, 0.25) is 5.76 Å². The highest BCUT2D eigenvalue weighted by atomic mass is 32.1. The van der Waals surface area contributed by atoms with Crippen LogP contribution in [0.1, 0.15) is 20.9 Å². The predicted molar refractivity (Wildman–Crippen MR) is 108 cm³/mol. The summed E-state index contributed by atoms with van der Waals surface area (Å²) >= 11 is 5.20. The van der Waals surface area contributed by atoms with Crippen molar-refractivity contribution >= 4 is 34.9 Å². The van der Waals surface area contributed by atoms with E-state index in [0.717, 1.165) is 0 Å². The second-order valence-electron chi connectivity index (χ2n) is 5.66. The Labute approximate surface area is 165 Å². The molecule has 2 aromatic carbocycles. The van der Waals surface area contributed by atoms with E-state index >= 15 is 0 Å². The zero-order valence-corrected chi connectivity index (χ0v) is 15.6. The molecule has 7 nitrogen and oxygen atoms in total. The number of hydrogen-bond donors (Lipinski definition) is 3. The van der Waals surface area contributed by atoms with Crippen LogP contribution in [0.3, 0.4) is 0 Å². The molecule has 0 saturated carbocycles. The molecule has 3 rings (SSSR count). The minimum Gasteiger partial charge on any atom is -0.496 e. The number of carboxylic acids is 1. The van der Waals surface area contributed by atoms with Crippen LogP contribution >= 0.6 is 12.2 Å². The Morgan fingerprint density at radius 1 is 1.07 bits per heavy atom. The quantitative estimate of drug-likeness (QED) is 0.564. The number of methoxy groups -OCH3 is 1. The van der Waals surface area contributed by atoms with Crippen molar-refractivity contribution in [2.45, 2.75) is 0 Å². The van der Waals surface area contributed by atoms with Gasteiger partial charge in [-0.05, 0) is 54.7 Å². The SMILES string of the molecule is COc1ccc(NC(=S)NC(=O)c2ccccc2)cc1-c1ccc(C(=O)O)o1. The van der Waals surface area contributed by atoms with Crippen LogP contribution in [-0.4, -0.2) is 29.2 Å². The van der Waals surface area contributed by atoms with Crippen LogP contribution in [0, 0.1) is 0 Å². The number of thiocarbonyl (C=S) groups is 1. The number of carbonyl (C=O) groups is 2. The Kier molecular flexibility index (Phi) is 5.71. The molecule has 0 unspecified atom stereocenters. The number of benzene rings is 2. The molecule has 0 fully saturated rings. The Hall–Kier alpha value is -3.65. The first-order valence-corrected chi connectivity index (χ1v) is 8.57. The molecule has 0 atom stereocenters. The smallest absolute Gasteiger partial charge is 0.371 e. The van der Waals surface area contributed by atoms with Crippen molar-refractivity contribution in [3.8, 4) is 17.1 Å². The summed E-state index contributed by atoms with van der Waals surface area (Å²) in [4.78, 5) is 23.2. The molecule has 0 aliphatic rings. The molecule has 142 valence electrons. The maximum Gasteiger partial charge on any atom is 0.371 e. The van der Waals surface area contributed by atoms with E-state index in [4.69, 9.17) is 26.5 Å². The Morgan fingerprint density at radius 2 is 1.82 bits per heavy atom. The second kappa shape index (κ2) is 8.36. The van der Waals surface area contributed by atoms with Gasteiger partial charge in [-0.1, -0.05) is 18.2 Å². The van der Waals surface area contributed by atoms with Crippen molar-refractivity contribution in [1.29, 1.82) is 0 Å². The Balaban J connectivity index is 1.78. The van der Waals surface area contributed by atoms with Crippen molar-refractivity contribution in [1.82, 2.24) is 5.32 Å². The number of carboxylic acid groups (broad SMARTS) is 1. The van der Waals surface area contributed by atoms with Gasteiger partial charge < -0.3 is 19.6 Å². The summed E-state index contributed by atoms with van der Waals surface area (Å²) in [6.45, 7) is 0. The highest BCUT2D eigenvalue weighted by molar-refractivity contribution is 7.80. The van der Waals surface area contributed by atoms with Gasteiger partial charge in [0, 0.05) is 11.3 Å². The van der Waals surface area contributed by atoms with Gasteiger partial charge >= 0.3 is 5.97 Å². The molecular weight excluding hydrogens is 380 g/mol. The monoisotopic (exact) mass is 396 g/mol. The predicted octanol–water partition coefficient (Wildman–Crippen LogP) is 3.78. The molecule has 0 spiro atoms. The molecule has 0 aliphatic carbocycles.